The summed E-state index contributed by atoms with van der Waals surface area (Å²) >= 11 is 0. The van der Waals surface area contributed by atoms with Gasteiger partial charge in [0.2, 0.25) is 0 Å². The predicted molar refractivity (Wildman–Crippen MR) is 154 cm³/mol. The van der Waals surface area contributed by atoms with Gasteiger partial charge >= 0.3 is 0 Å². The molecule has 10 heteroatoms. The van der Waals surface area contributed by atoms with Crippen molar-refractivity contribution in [3.63, 3.8) is 0 Å². The normalized spacial score (nSPS) is 12.5. The Morgan fingerprint density at radius 1 is 0.523 bits per heavy atom. The molecule has 0 unspecified atom stereocenters. The first-order valence-corrected chi connectivity index (χ1v) is 12.1. The van der Waals surface area contributed by atoms with E-state index < -0.39 is 57.6 Å². The molecule has 0 N–H and O–H groups in total. The molecule has 0 atom stereocenters. The van der Waals surface area contributed by atoms with Crippen LogP contribution in [0.4, 0.5) is 0 Å². The Balaban J connectivity index is 1.82. The Hall–Kier alpha value is -7.86. The highest BCUT2D eigenvalue weighted by molar-refractivity contribution is 6.03. The summed E-state index contributed by atoms with van der Waals surface area (Å²) in [6, 6.07) is 18.3. The van der Waals surface area contributed by atoms with Crippen LogP contribution in [-0.4, -0.2) is 9.97 Å². The second-order valence-corrected chi connectivity index (χ2v) is 8.80. The van der Waals surface area contributed by atoms with Crippen molar-refractivity contribution in [2.45, 2.75) is 0 Å². The molecule has 196 valence electrons. The lowest BCUT2D eigenvalue weighted by molar-refractivity contribution is 1.32. The fraction of sp³-hybridized carbons (Fsp3) is 0. The van der Waals surface area contributed by atoms with E-state index in [0.717, 1.165) is 0 Å². The largest absolute Gasteiger partial charge is 0.253 e. The fourth-order valence-corrected chi connectivity index (χ4v) is 4.61. The third-order valence-corrected chi connectivity index (χ3v) is 6.47. The molecule has 0 aliphatic carbocycles. The molecule has 0 amide bonds. The zero-order valence-corrected chi connectivity index (χ0v) is 21.9. The number of pyridine rings is 2. The molecule has 5 rings (SSSR count). The van der Waals surface area contributed by atoms with Crippen molar-refractivity contribution in [2.75, 3.05) is 0 Å². The lowest BCUT2D eigenvalue weighted by atomic mass is 9.92. The third kappa shape index (κ3) is 4.51. The molecule has 10 nitrogen and oxygen atoms in total. The van der Waals surface area contributed by atoms with Gasteiger partial charge in [-0.3, -0.25) is 9.97 Å². The molecule has 2 aromatic heterocycles. The van der Waals surface area contributed by atoms with Gasteiger partial charge < -0.3 is 0 Å². The molecule has 0 saturated heterocycles. The predicted octanol–water partition coefficient (Wildman–Crippen LogP) is 3.46. The van der Waals surface area contributed by atoms with Crippen LogP contribution in [-0.2, 0) is 0 Å². The molecule has 0 fully saturated rings. The summed E-state index contributed by atoms with van der Waals surface area (Å²) in [7, 11) is 0. The topological polar surface area (TPSA) is 216 Å². The number of nitriles is 8. The molecular formula is C34H10N10. The van der Waals surface area contributed by atoms with Crippen molar-refractivity contribution in [1.82, 2.24) is 9.97 Å². The fourth-order valence-electron chi connectivity index (χ4n) is 4.61. The van der Waals surface area contributed by atoms with Crippen LogP contribution in [0.5, 0.6) is 0 Å². The summed E-state index contributed by atoms with van der Waals surface area (Å²) in [5.41, 5.74) is -2.85. The Labute approximate surface area is 254 Å². The van der Waals surface area contributed by atoms with Gasteiger partial charge in [-0.2, -0.15) is 42.1 Å². The number of hydrogen-bond donors (Lipinski definition) is 0. The van der Waals surface area contributed by atoms with Gasteiger partial charge in [0.05, 0.1) is 97.5 Å². The average Bonchev–Trinajstić information content (AvgIpc) is 3.09. The first kappa shape index (κ1) is 22.9. The number of aromatic nitrogens is 2. The number of nitrogens with zero attached hydrogens (tertiary/aromatic N) is 10. The van der Waals surface area contributed by atoms with Gasteiger partial charge in [0.25, 0.3) is 0 Å². The van der Waals surface area contributed by atoms with E-state index in [1.54, 1.807) is 48.5 Å². The van der Waals surface area contributed by atoms with Crippen LogP contribution in [0.15, 0.2) is 60.8 Å². The Morgan fingerprint density at radius 2 is 0.864 bits per heavy atom. The molecule has 0 bridgehead atoms. The maximum atomic E-state index is 10.1. The van der Waals surface area contributed by atoms with Gasteiger partial charge in [-0.15, -0.1) is 0 Å². The van der Waals surface area contributed by atoms with Gasteiger partial charge in [-0.05, 0) is 36.3 Å². The van der Waals surface area contributed by atoms with Crippen molar-refractivity contribution in [2.24, 2.45) is 0 Å². The van der Waals surface area contributed by atoms with E-state index in [-0.39, 0.29) is 32.7 Å². The van der Waals surface area contributed by atoms with Crippen molar-refractivity contribution in [3.05, 3.63) is 116 Å². The Kier molecular flexibility index (Phi) is 5.89. The van der Waals surface area contributed by atoms with Crippen molar-refractivity contribution >= 4 is 33.0 Å². The molecule has 3 aromatic carbocycles. The summed E-state index contributed by atoms with van der Waals surface area (Å²) in [4.78, 5) is 8.92. The highest BCUT2D eigenvalue weighted by Gasteiger charge is 2.18. The lowest BCUT2D eigenvalue weighted by Gasteiger charge is -2.08. The summed E-state index contributed by atoms with van der Waals surface area (Å²) < 4.78 is 33.0. The molecule has 0 aliphatic rings. The van der Waals surface area contributed by atoms with E-state index >= 15 is 0 Å². The van der Waals surface area contributed by atoms with Crippen molar-refractivity contribution < 1.29 is 5.48 Å². The number of rotatable bonds is 2. The molecule has 0 saturated carbocycles. The van der Waals surface area contributed by atoms with E-state index in [2.05, 4.69) is 9.97 Å². The van der Waals surface area contributed by atoms with Gasteiger partial charge in [0.1, 0.15) is 12.1 Å². The average molecular weight is 563 g/mol. The molecule has 44 heavy (non-hydrogen) atoms. The van der Waals surface area contributed by atoms with Gasteiger partial charge in [0.15, 0.2) is 0 Å². The summed E-state index contributed by atoms with van der Waals surface area (Å²) in [5, 5.41) is 79.4. The first-order valence-electron chi connectivity index (χ1n) is 14.1. The number of benzene rings is 3. The van der Waals surface area contributed by atoms with Crippen LogP contribution in [0.1, 0.15) is 50.0 Å². The monoisotopic (exact) mass is 562 g/mol. The van der Waals surface area contributed by atoms with Crippen LogP contribution in [0, 0.1) is 90.6 Å². The summed E-state index contributed by atoms with van der Waals surface area (Å²) in [6.07, 6.45) is 2.58. The van der Waals surface area contributed by atoms with E-state index in [1.807, 2.05) is 12.1 Å². The van der Waals surface area contributed by atoms with Crippen LogP contribution in [0.2, 0.25) is 0 Å². The molecular weight excluding hydrogens is 548 g/mol. The van der Waals surface area contributed by atoms with E-state index in [4.69, 9.17) is 5.48 Å². The van der Waals surface area contributed by atoms with E-state index in [0.29, 0.717) is 21.8 Å². The molecule has 0 aliphatic heterocycles. The Bertz CT molecular complexity index is 2550. The van der Waals surface area contributed by atoms with E-state index in [9.17, 15) is 42.1 Å². The van der Waals surface area contributed by atoms with Crippen LogP contribution in [0.25, 0.3) is 33.0 Å². The van der Waals surface area contributed by atoms with Crippen LogP contribution >= 0.6 is 0 Å². The second-order valence-electron chi connectivity index (χ2n) is 8.80. The number of hydrogen-bond acceptors (Lipinski definition) is 10. The standard InChI is InChI=1S/C34H10N10/c35-9-19-3-23(11-37)31(24(4-19)12-38)29(15-41)27-7-21-1-2-22-8-28(18-44-34(22)33(21)43-17-27)30(16-42)32-25(13-39)5-20(10-36)6-26(32)14-40/h1-8,17-18H/b29-27-,30-28+/i3D,4D,5D,6D. The van der Waals surface area contributed by atoms with Crippen LogP contribution < -0.4 is 10.4 Å². The highest BCUT2D eigenvalue weighted by atomic mass is 14.7. The third-order valence-electron chi connectivity index (χ3n) is 6.47. The minimum atomic E-state index is -0.581. The summed E-state index contributed by atoms with van der Waals surface area (Å²) in [6.45, 7) is 0. The van der Waals surface area contributed by atoms with Crippen LogP contribution in [0.3, 0.4) is 0 Å². The van der Waals surface area contributed by atoms with E-state index in [1.165, 1.54) is 24.5 Å². The maximum Gasteiger partial charge on any atom is 0.101 e. The Morgan fingerprint density at radius 3 is 1.14 bits per heavy atom. The molecule has 2 heterocycles. The molecule has 5 aromatic rings. The van der Waals surface area contributed by atoms with Gasteiger partial charge in [-0.25, -0.2) is 0 Å². The smallest absolute Gasteiger partial charge is 0.101 e. The second kappa shape index (κ2) is 11.3. The summed E-state index contributed by atoms with van der Waals surface area (Å²) in [5.74, 6) is 0. The minimum Gasteiger partial charge on any atom is -0.253 e. The number of fused-ring (bicyclic) bond motifs is 3. The van der Waals surface area contributed by atoms with Gasteiger partial charge in [0, 0.05) is 44.7 Å². The van der Waals surface area contributed by atoms with Crippen molar-refractivity contribution in [3.8, 4) is 48.6 Å². The maximum absolute atomic E-state index is 10.1. The molecule has 0 radical (unpaired) electrons. The molecule has 0 spiro atoms. The zero-order valence-electron chi connectivity index (χ0n) is 25.9. The quantitative estimate of drug-likeness (QED) is 0.285. The zero-order chi connectivity index (χ0) is 34.9. The lowest BCUT2D eigenvalue weighted by Crippen LogP contribution is -2.11. The minimum absolute atomic E-state index is 0.156. The first-order chi connectivity index (χ1) is 23.1. The van der Waals surface area contributed by atoms with Gasteiger partial charge in [-0.1, -0.05) is 12.1 Å². The highest BCUT2D eigenvalue weighted by Crippen LogP contribution is 2.26. The van der Waals surface area contributed by atoms with Crippen molar-refractivity contribution in [1.29, 1.82) is 42.1 Å². The SMILES string of the molecule is [2H]c1c(C#N)c([2H])c(C#N)c(/C(C#N)=c2/cnc3c(ccc4c/c(=C(\C#N)c5c(C#N)c([2H])c(C#N)c([2H])c5C#N)cnc43)c2)c1C#N.